The van der Waals surface area contributed by atoms with Gasteiger partial charge in [0.05, 0.1) is 18.6 Å². The van der Waals surface area contributed by atoms with Crippen LogP contribution in [-0.4, -0.2) is 80.5 Å². The maximum Gasteiger partial charge on any atom is 0.252 e. The molecule has 1 fully saturated rings. The fraction of sp³-hybridized carbons (Fsp3) is 0.406. The Kier molecular flexibility index (Phi) is 10.8. The molecule has 1 unspecified atom stereocenters. The van der Waals surface area contributed by atoms with Crippen molar-refractivity contribution >= 4 is 34.7 Å². The van der Waals surface area contributed by atoms with Crippen LogP contribution < -0.4 is 10.6 Å². The highest BCUT2D eigenvalue weighted by Crippen LogP contribution is 2.31. The molecule has 0 bridgehead atoms. The summed E-state index contributed by atoms with van der Waals surface area (Å²) in [5.74, 6) is -1.73. The molecule has 1 aliphatic rings. The fourth-order valence-corrected chi connectivity index (χ4v) is 6.25. The molecule has 1 aliphatic heterocycles. The maximum atomic E-state index is 14.5. The lowest BCUT2D eigenvalue weighted by Gasteiger charge is -2.34. The third-order valence-electron chi connectivity index (χ3n) is 7.87. The van der Waals surface area contributed by atoms with Crippen LogP contribution in [-0.2, 0) is 32.0 Å². The largest absolute Gasteiger partial charge is 0.370 e. The van der Waals surface area contributed by atoms with Gasteiger partial charge in [-0.1, -0.05) is 36.4 Å². The lowest BCUT2D eigenvalue weighted by Crippen LogP contribution is -2.51. The van der Waals surface area contributed by atoms with Gasteiger partial charge in [-0.15, -0.1) is 0 Å². The number of carbonyl (C=O) groups excluding carboxylic acids is 3. The number of nitrogens with two attached hydrogens (primary N) is 1. The van der Waals surface area contributed by atoms with Crippen molar-refractivity contribution in [2.75, 3.05) is 45.8 Å². The topological polar surface area (TPSA) is 96.2 Å². The van der Waals surface area contributed by atoms with E-state index >= 15 is 0 Å². The number of amides is 3. The van der Waals surface area contributed by atoms with Crippen LogP contribution in [0.1, 0.15) is 35.4 Å². The Morgan fingerprint density at radius 2 is 1.81 bits per heavy atom. The molecule has 0 spiro atoms. The van der Waals surface area contributed by atoms with Crippen LogP contribution in [0.25, 0.3) is 0 Å². The summed E-state index contributed by atoms with van der Waals surface area (Å²) in [6.45, 7) is 0.783. The maximum absolute atomic E-state index is 14.5. The minimum Gasteiger partial charge on any atom is -0.370 e. The highest BCUT2D eigenvalue weighted by molar-refractivity contribution is 7.07. The lowest BCUT2D eigenvalue weighted by molar-refractivity contribution is -0.135. The van der Waals surface area contributed by atoms with E-state index in [1.54, 1.807) is 56.7 Å². The molecular weight excluding hydrogens is 555 g/mol. The van der Waals surface area contributed by atoms with E-state index in [2.05, 4.69) is 4.90 Å². The number of rotatable bonds is 13. The number of hydrogen-bond donors (Lipinski definition) is 1. The molecule has 0 aliphatic carbocycles. The third kappa shape index (κ3) is 7.61. The van der Waals surface area contributed by atoms with Crippen LogP contribution in [0.3, 0.4) is 0 Å². The molecule has 10 heteroatoms. The van der Waals surface area contributed by atoms with Gasteiger partial charge in [-0.3, -0.25) is 19.3 Å². The van der Waals surface area contributed by atoms with Crippen LogP contribution in [0.15, 0.2) is 65.4 Å². The van der Waals surface area contributed by atoms with Gasteiger partial charge in [-0.25, -0.2) is 4.39 Å². The Bertz CT molecular complexity index is 1370. The van der Waals surface area contributed by atoms with Crippen molar-refractivity contribution in [3.05, 3.63) is 87.9 Å². The van der Waals surface area contributed by atoms with E-state index in [1.165, 1.54) is 15.9 Å². The van der Waals surface area contributed by atoms with Crippen molar-refractivity contribution in [2.45, 2.75) is 43.7 Å². The zero-order valence-electron chi connectivity index (χ0n) is 24.4. The molecule has 224 valence electrons. The van der Waals surface area contributed by atoms with Gasteiger partial charge >= 0.3 is 0 Å². The van der Waals surface area contributed by atoms with Gasteiger partial charge in [-0.05, 0) is 77.9 Å². The van der Waals surface area contributed by atoms with E-state index in [-0.39, 0.29) is 43.3 Å². The van der Waals surface area contributed by atoms with E-state index < -0.39 is 17.9 Å². The van der Waals surface area contributed by atoms with Crippen molar-refractivity contribution in [1.29, 1.82) is 0 Å². The molecule has 0 saturated carbocycles. The summed E-state index contributed by atoms with van der Waals surface area (Å²) < 4.78 is 20.4. The molecule has 3 aromatic rings. The van der Waals surface area contributed by atoms with Gasteiger partial charge in [-0.2, -0.15) is 11.3 Å². The monoisotopic (exact) mass is 594 g/mol. The van der Waals surface area contributed by atoms with E-state index in [4.69, 9.17) is 10.5 Å². The summed E-state index contributed by atoms with van der Waals surface area (Å²) in [5.41, 5.74) is 8.60. The minimum absolute atomic E-state index is 0.0825. The number of primary amides is 1. The zero-order chi connectivity index (χ0) is 30.2. The molecule has 3 atom stereocenters. The molecule has 4 rings (SSSR count). The van der Waals surface area contributed by atoms with Gasteiger partial charge in [0.25, 0.3) is 5.91 Å². The number of hydrogen-bond acceptors (Lipinski definition) is 6. The van der Waals surface area contributed by atoms with Gasteiger partial charge < -0.3 is 20.3 Å². The van der Waals surface area contributed by atoms with Crippen molar-refractivity contribution in [1.82, 2.24) is 9.80 Å². The highest BCUT2D eigenvalue weighted by atomic mass is 32.1. The van der Waals surface area contributed by atoms with Crippen LogP contribution in [0.2, 0.25) is 0 Å². The van der Waals surface area contributed by atoms with Crippen molar-refractivity contribution in [3.63, 3.8) is 0 Å². The second kappa shape index (κ2) is 14.5. The van der Waals surface area contributed by atoms with Gasteiger partial charge in [0, 0.05) is 32.9 Å². The Morgan fingerprint density at radius 1 is 1.07 bits per heavy atom. The first-order valence-corrected chi connectivity index (χ1v) is 15.1. The predicted octanol–water partition coefficient (Wildman–Crippen LogP) is 3.84. The van der Waals surface area contributed by atoms with Crippen molar-refractivity contribution in [3.8, 4) is 0 Å². The number of halogens is 1. The molecule has 2 aromatic carbocycles. The van der Waals surface area contributed by atoms with E-state index in [9.17, 15) is 18.8 Å². The lowest BCUT2D eigenvalue weighted by atomic mass is 9.90. The first kappa shape index (κ1) is 31.3. The second-order valence-corrected chi connectivity index (χ2v) is 11.7. The molecule has 2 N–H and O–H groups in total. The Morgan fingerprint density at radius 3 is 2.50 bits per heavy atom. The molecule has 8 nitrogen and oxygen atoms in total. The standard InChI is InChI=1S/C32H39FN4O4S/c1-35(2)32(40)29(18-23-9-4-6-12-27(23)33)37-15-8-10-24(37)19-41-20-30(38)36(3)28-13-7-5-11-25(28)26(31(34)39)17-22-14-16-42-21-22/h4-7,9,11-14,16,21,24,26,29H,8,10,15,17-20H2,1-3H3,(H2,34,39)/t24-,26?,29+/m0/s1. The van der Waals surface area contributed by atoms with Crippen LogP contribution >= 0.6 is 11.3 Å². The number of para-hydroxylation sites is 1. The van der Waals surface area contributed by atoms with Crippen LogP contribution in [0, 0.1) is 5.82 Å². The Hall–Kier alpha value is -3.60. The molecular formula is C32H39FN4O4S. The smallest absolute Gasteiger partial charge is 0.252 e. The normalized spacial score (nSPS) is 16.6. The highest BCUT2D eigenvalue weighted by Gasteiger charge is 2.36. The fourth-order valence-electron chi connectivity index (χ4n) is 5.57. The molecule has 42 heavy (non-hydrogen) atoms. The number of anilines is 1. The van der Waals surface area contributed by atoms with Gasteiger partial charge in [0.2, 0.25) is 11.8 Å². The number of likely N-dealkylation sites (N-methyl/N-ethyl adjacent to an activating group) is 2. The number of ether oxygens (including phenoxy) is 1. The molecule has 1 aromatic heterocycles. The van der Waals surface area contributed by atoms with Crippen molar-refractivity contribution < 1.29 is 23.5 Å². The first-order valence-electron chi connectivity index (χ1n) is 14.1. The molecule has 2 heterocycles. The van der Waals surface area contributed by atoms with Crippen LogP contribution in [0.4, 0.5) is 10.1 Å². The number of thiophene rings is 1. The Labute approximate surface area is 250 Å². The predicted molar refractivity (Wildman–Crippen MR) is 163 cm³/mol. The SMILES string of the molecule is CN(C)C(=O)[C@@H](Cc1ccccc1F)N1CCC[C@H]1COCC(=O)N(C)c1ccccc1C(Cc1ccsc1)C(N)=O. The number of carbonyl (C=O) groups is 3. The first-order chi connectivity index (χ1) is 20.2. The number of likely N-dealkylation sites (tertiary alicyclic amines) is 1. The van der Waals surface area contributed by atoms with E-state index in [0.29, 0.717) is 29.8 Å². The van der Waals surface area contributed by atoms with Crippen LogP contribution in [0.5, 0.6) is 0 Å². The molecule has 1 saturated heterocycles. The summed E-state index contributed by atoms with van der Waals surface area (Å²) in [6.07, 6.45) is 2.39. The van der Waals surface area contributed by atoms with Gasteiger partial charge in [0.15, 0.2) is 0 Å². The quantitative estimate of drug-likeness (QED) is 0.325. The molecule has 0 radical (unpaired) electrons. The van der Waals surface area contributed by atoms with E-state index in [0.717, 1.165) is 18.4 Å². The molecule has 3 amide bonds. The Balaban J connectivity index is 1.42. The summed E-state index contributed by atoms with van der Waals surface area (Å²) in [5, 5.41) is 3.94. The number of nitrogens with zero attached hydrogens (tertiary/aromatic N) is 3. The second-order valence-electron chi connectivity index (χ2n) is 10.9. The van der Waals surface area contributed by atoms with Gasteiger partial charge in [0.1, 0.15) is 12.4 Å². The number of benzene rings is 2. The zero-order valence-corrected chi connectivity index (χ0v) is 25.2. The average Bonchev–Trinajstić information content (AvgIpc) is 3.67. The average molecular weight is 595 g/mol. The third-order valence-corrected chi connectivity index (χ3v) is 8.60. The van der Waals surface area contributed by atoms with Crippen molar-refractivity contribution in [2.24, 2.45) is 5.73 Å². The summed E-state index contributed by atoms with van der Waals surface area (Å²) >= 11 is 1.55. The summed E-state index contributed by atoms with van der Waals surface area (Å²) in [4.78, 5) is 44.0. The summed E-state index contributed by atoms with van der Waals surface area (Å²) in [6, 6.07) is 15.2. The summed E-state index contributed by atoms with van der Waals surface area (Å²) in [7, 11) is 5.07. The minimum atomic E-state index is -0.584. The van der Waals surface area contributed by atoms with E-state index in [1.807, 2.05) is 35.0 Å².